The van der Waals surface area contributed by atoms with E-state index in [1.165, 1.54) is 19.2 Å². The van der Waals surface area contributed by atoms with Gasteiger partial charge in [-0.2, -0.15) is 5.26 Å². The van der Waals surface area contributed by atoms with E-state index in [1.54, 1.807) is 6.07 Å². The molecule has 1 aromatic carbocycles. The van der Waals surface area contributed by atoms with Crippen molar-refractivity contribution < 1.29 is 18.7 Å². The van der Waals surface area contributed by atoms with Crippen molar-refractivity contribution in [2.45, 2.75) is 19.1 Å². The van der Waals surface area contributed by atoms with Crippen molar-refractivity contribution in [1.82, 2.24) is 4.90 Å². The predicted molar refractivity (Wildman–Crippen MR) is 72.8 cm³/mol. The quantitative estimate of drug-likeness (QED) is 0.786. The van der Waals surface area contributed by atoms with E-state index in [1.807, 2.05) is 11.0 Å². The summed E-state index contributed by atoms with van der Waals surface area (Å²) in [5.74, 6) is -0.649. The fourth-order valence-electron chi connectivity index (χ4n) is 2.32. The molecule has 1 heterocycles. The maximum absolute atomic E-state index is 13.8. The van der Waals surface area contributed by atoms with Crippen LogP contribution in [0.1, 0.15) is 17.5 Å². The van der Waals surface area contributed by atoms with Crippen LogP contribution in [0, 0.1) is 17.1 Å². The maximum atomic E-state index is 13.8. The Bertz CT molecular complexity index is 556. The number of morpholine rings is 1. The Balaban J connectivity index is 1.99. The number of nitriles is 1. The van der Waals surface area contributed by atoms with Crippen LogP contribution >= 0.6 is 0 Å². The molecule has 0 aliphatic carbocycles. The van der Waals surface area contributed by atoms with Gasteiger partial charge in [-0.05, 0) is 18.2 Å². The zero-order valence-electron chi connectivity index (χ0n) is 11.8. The van der Waals surface area contributed by atoms with Gasteiger partial charge < -0.3 is 9.47 Å². The van der Waals surface area contributed by atoms with Gasteiger partial charge in [0.25, 0.3) is 0 Å². The highest BCUT2D eigenvalue weighted by Crippen LogP contribution is 2.16. The molecule has 0 saturated carbocycles. The molecule has 1 aliphatic heterocycles. The molecule has 112 valence electrons. The van der Waals surface area contributed by atoms with E-state index in [2.05, 4.69) is 4.74 Å². The minimum atomic E-state index is -0.329. The first-order chi connectivity index (χ1) is 10.1. The second-order valence-corrected chi connectivity index (χ2v) is 4.93. The third-order valence-electron chi connectivity index (χ3n) is 3.41. The molecular formula is C15H17FN2O3. The van der Waals surface area contributed by atoms with Crippen molar-refractivity contribution in [3.63, 3.8) is 0 Å². The lowest BCUT2D eigenvalue weighted by atomic mass is 10.1. The lowest BCUT2D eigenvalue weighted by Gasteiger charge is -2.32. The fraction of sp³-hybridized carbons (Fsp3) is 0.467. The average molecular weight is 292 g/mol. The van der Waals surface area contributed by atoms with Gasteiger partial charge in [0, 0.05) is 25.2 Å². The SMILES string of the molecule is COC(=O)CC1CN(Cc2cc(C#N)ccc2F)CCO1. The van der Waals surface area contributed by atoms with Crippen LogP contribution in [-0.2, 0) is 20.8 Å². The molecule has 0 spiro atoms. The smallest absolute Gasteiger partial charge is 0.308 e. The molecule has 0 aromatic heterocycles. The largest absolute Gasteiger partial charge is 0.469 e. The number of benzene rings is 1. The molecule has 0 amide bonds. The molecule has 0 N–H and O–H groups in total. The molecule has 21 heavy (non-hydrogen) atoms. The standard InChI is InChI=1S/C15H17FN2O3/c1-20-15(19)7-13-10-18(4-5-21-13)9-12-6-11(8-17)2-3-14(12)16/h2-3,6,13H,4-5,7,9-10H2,1H3. The highest BCUT2D eigenvalue weighted by molar-refractivity contribution is 5.69. The molecule has 6 heteroatoms. The second kappa shape index (κ2) is 7.16. The molecule has 1 atom stereocenters. The third-order valence-corrected chi connectivity index (χ3v) is 3.41. The van der Waals surface area contributed by atoms with Gasteiger partial charge in [0.05, 0.1) is 37.9 Å². The van der Waals surface area contributed by atoms with Crippen molar-refractivity contribution in [3.05, 3.63) is 35.1 Å². The van der Waals surface area contributed by atoms with E-state index in [9.17, 15) is 9.18 Å². The van der Waals surface area contributed by atoms with E-state index in [-0.39, 0.29) is 24.3 Å². The summed E-state index contributed by atoms with van der Waals surface area (Å²) in [6.45, 7) is 2.07. The van der Waals surface area contributed by atoms with Crippen molar-refractivity contribution >= 4 is 5.97 Å². The number of nitrogens with zero attached hydrogens (tertiary/aromatic N) is 2. The van der Waals surface area contributed by atoms with Crippen LogP contribution in [-0.4, -0.2) is 43.8 Å². The van der Waals surface area contributed by atoms with Crippen molar-refractivity contribution in [2.75, 3.05) is 26.8 Å². The average Bonchev–Trinajstić information content (AvgIpc) is 2.49. The summed E-state index contributed by atoms with van der Waals surface area (Å²) in [6, 6.07) is 6.32. The van der Waals surface area contributed by atoms with Gasteiger partial charge >= 0.3 is 5.97 Å². The first kappa shape index (κ1) is 15.4. The zero-order valence-corrected chi connectivity index (χ0v) is 11.8. The number of rotatable bonds is 4. The summed E-state index contributed by atoms with van der Waals surface area (Å²) in [5.41, 5.74) is 0.915. The summed E-state index contributed by atoms with van der Waals surface area (Å²) in [6.07, 6.45) is -0.0540. The van der Waals surface area contributed by atoms with Gasteiger partial charge in [-0.3, -0.25) is 9.69 Å². The zero-order chi connectivity index (χ0) is 15.2. The second-order valence-electron chi connectivity index (χ2n) is 4.93. The van der Waals surface area contributed by atoms with Crippen LogP contribution in [0.2, 0.25) is 0 Å². The summed E-state index contributed by atoms with van der Waals surface area (Å²) < 4.78 is 23.9. The van der Waals surface area contributed by atoms with Crippen molar-refractivity contribution in [2.24, 2.45) is 0 Å². The topological polar surface area (TPSA) is 62.6 Å². The molecule has 2 rings (SSSR count). The minimum absolute atomic E-state index is 0.188. The molecule has 0 bridgehead atoms. The van der Waals surface area contributed by atoms with Crippen molar-refractivity contribution in [1.29, 1.82) is 5.26 Å². The first-order valence-electron chi connectivity index (χ1n) is 6.71. The molecular weight excluding hydrogens is 275 g/mol. The van der Waals surface area contributed by atoms with Gasteiger partial charge in [-0.25, -0.2) is 4.39 Å². The summed E-state index contributed by atoms with van der Waals surface area (Å²) in [4.78, 5) is 13.3. The van der Waals surface area contributed by atoms with Crippen LogP contribution < -0.4 is 0 Å². The molecule has 1 fully saturated rings. The van der Waals surface area contributed by atoms with Gasteiger partial charge in [0.2, 0.25) is 0 Å². The van der Waals surface area contributed by atoms with Crippen LogP contribution in [0.25, 0.3) is 0 Å². The number of halogens is 1. The van der Waals surface area contributed by atoms with Gasteiger partial charge in [-0.15, -0.1) is 0 Å². The van der Waals surface area contributed by atoms with Crippen LogP contribution in [0.4, 0.5) is 4.39 Å². The Morgan fingerprint density at radius 1 is 1.62 bits per heavy atom. The molecule has 0 radical (unpaired) electrons. The number of ether oxygens (including phenoxy) is 2. The Hall–Kier alpha value is -1.97. The predicted octanol–water partition coefficient (Wildman–Crippen LogP) is 1.46. The van der Waals surface area contributed by atoms with E-state index < -0.39 is 0 Å². The molecule has 1 unspecified atom stereocenters. The van der Waals surface area contributed by atoms with E-state index in [0.717, 1.165) is 0 Å². The summed E-state index contributed by atoms with van der Waals surface area (Å²) in [7, 11) is 1.34. The van der Waals surface area contributed by atoms with Gasteiger partial charge in [0.1, 0.15) is 5.82 Å². The number of hydrogen-bond acceptors (Lipinski definition) is 5. The lowest BCUT2D eigenvalue weighted by molar-refractivity contribution is -0.145. The number of carbonyl (C=O) groups excluding carboxylic acids is 1. The third kappa shape index (κ3) is 4.25. The number of methoxy groups -OCH3 is 1. The molecule has 5 nitrogen and oxygen atoms in total. The number of hydrogen-bond donors (Lipinski definition) is 0. The van der Waals surface area contributed by atoms with Crippen LogP contribution in [0.15, 0.2) is 18.2 Å². The monoisotopic (exact) mass is 292 g/mol. The molecule has 1 aliphatic rings. The van der Waals surface area contributed by atoms with Crippen LogP contribution in [0.5, 0.6) is 0 Å². The van der Waals surface area contributed by atoms with Crippen molar-refractivity contribution in [3.8, 4) is 6.07 Å². The Labute approximate surface area is 122 Å². The van der Waals surface area contributed by atoms with E-state index in [4.69, 9.17) is 10.00 Å². The minimum Gasteiger partial charge on any atom is -0.469 e. The highest BCUT2D eigenvalue weighted by atomic mass is 19.1. The Morgan fingerprint density at radius 2 is 2.43 bits per heavy atom. The highest BCUT2D eigenvalue weighted by Gasteiger charge is 2.23. The number of esters is 1. The Kier molecular flexibility index (Phi) is 5.26. The lowest BCUT2D eigenvalue weighted by Crippen LogP contribution is -2.43. The fourth-order valence-corrected chi connectivity index (χ4v) is 2.32. The van der Waals surface area contributed by atoms with E-state index in [0.29, 0.717) is 37.4 Å². The van der Waals surface area contributed by atoms with Gasteiger partial charge in [0.15, 0.2) is 0 Å². The molecule has 1 saturated heterocycles. The maximum Gasteiger partial charge on any atom is 0.308 e. The van der Waals surface area contributed by atoms with Gasteiger partial charge in [-0.1, -0.05) is 0 Å². The summed E-state index contributed by atoms with van der Waals surface area (Å²) >= 11 is 0. The summed E-state index contributed by atoms with van der Waals surface area (Å²) in [5, 5.41) is 8.87. The first-order valence-corrected chi connectivity index (χ1v) is 6.71. The van der Waals surface area contributed by atoms with Crippen LogP contribution in [0.3, 0.4) is 0 Å². The Morgan fingerprint density at radius 3 is 3.14 bits per heavy atom. The van der Waals surface area contributed by atoms with E-state index >= 15 is 0 Å². The number of carbonyl (C=O) groups is 1. The normalized spacial score (nSPS) is 19.0. The molecule has 1 aromatic rings.